The van der Waals surface area contributed by atoms with Gasteiger partial charge in [-0.25, -0.2) is 4.39 Å². The van der Waals surface area contributed by atoms with E-state index in [1.807, 2.05) is 23.1 Å². The summed E-state index contributed by atoms with van der Waals surface area (Å²) in [5, 5.41) is 5.39. The first-order chi connectivity index (χ1) is 15.5. The summed E-state index contributed by atoms with van der Waals surface area (Å²) in [4.78, 5) is 39.5. The summed E-state index contributed by atoms with van der Waals surface area (Å²) in [6.07, 6.45) is 1.65. The molecular weight excluding hydrogens is 429 g/mol. The Hall–Kier alpha value is -2.87. The van der Waals surface area contributed by atoms with Crippen LogP contribution in [-0.4, -0.2) is 58.8 Å². The van der Waals surface area contributed by atoms with E-state index < -0.39 is 11.3 Å². The monoisotopic (exact) mass is 455 g/mol. The summed E-state index contributed by atoms with van der Waals surface area (Å²) in [5.74, 6) is -0.316. The number of hydrogen-bond donors (Lipinski definition) is 2. The van der Waals surface area contributed by atoms with Gasteiger partial charge in [-0.15, -0.1) is 11.8 Å². The van der Waals surface area contributed by atoms with Crippen LogP contribution in [0, 0.1) is 5.82 Å². The van der Waals surface area contributed by atoms with Crippen LogP contribution < -0.4 is 10.6 Å². The Balaban J connectivity index is 1.23. The van der Waals surface area contributed by atoms with E-state index in [9.17, 15) is 18.8 Å². The van der Waals surface area contributed by atoms with Crippen LogP contribution in [0.3, 0.4) is 0 Å². The third-order valence-corrected chi connectivity index (χ3v) is 7.21. The van der Waals surface area contributed by atoms with Crippen molar-refractivity contribution in [3.63, 3.8) is 0 Å². The van der Waals surface area contributed by atoms with E-state index in [0.29, 0.717) is 49.2 Å². The van der Waals surface area contributed by atoms with Crippen molar-refractivity contribution in [3.8, 4) is 0 Å². The van der Waals surface area contributed by atoms with Gasteiger partial charge in [0.1, 0.15) is 11.9 Å². The molecule has 0 spiro atoms. The molecule has 2 N–H and O–H groups in total. The molecule has 3 amide bonds. The molecular formula is C24H26FN3O3S. The van der Waals surface area contributed by atoms with E-state index >= 15 is 0 Å². The molecule has 0 saturated carbocycles. The first-order valence-corrected chi connectivity index (χ1v) is 11.9. The minimum atomic E-state index is -0.603. The van der Waals surface area contributed by atoms with Gasteiger partial charge in [-0.2, -0.15) is 0 Å². The second-order valence-corrected chi connectivity index (χ2v) is 9.36. The van der Waals surface area contributed by atoms with Crippen molar-refractivity contribution in [3.05, 3.63) is 71.5 Å². The number of likely N-dealkylation sites (tertiary alicyclic amines) is 1. The Morgan fingerprint density at radius 3 is 2.44 bits per heavy atom. The lowest BCUT2D eigenvalue weighted by molar-refractivity contribution is -0.129. The highest BCUT2D eigenvalue weighted by Gasteiger charge is 2.34. The zero-order valence-corrected chi connectivity index (χ0v) is 18.4. The third-order valence-electron chi connectivity index (χ3n) is 5.90. The van der Waals surface area contributed by atoms with E-state index in [1.165, 1.54) is 17.8 Å². The molecule has 0 radical (unpaired) electrons. The Bertz CT molecular complexity index is 979. The highest BCUT2D eigenvalue weighted by atomic mass is 32.2. The highest BCUT2D eigenvalue weighted by molar-refractivity contribution is 8.00. The second kappa shape index (κ2) is 10.2. The number of benzene rings is 2. The van der Waals surface area contributed by atoms with Crippen molar-refractivity contribution < 1.29 is 18.8 Å². The van der Waals surface area contributed by atoms with Gasteiger partial charge in [0.15, 0.2) is 0 Å². The topological polar surface area (TPSA) is 78.5 Å². The number of halogens is 1. The van der Waals surface area contributed by atoms with E-state index in [-0.39, 0.29) is 29.6 Å². The van der Waals surface area contributed by atoms with E-state index in [0.717, 1.165) is 0 Å². The molecule has 2 aromatic carbocycles. The third kappa shape index (κ3) is 5.30. The molecule has 2 saturated heterocycles. The number of rotatable bonds is 5. The molecule has 2 aliphatic rings. The van der Waals surface area contributed by atoms with Crippen LogP contribution in [0.5, 0.6) is 0 Å². The SMILES string of the molecule is O=C(NC1CCN(C(=O)c2ccccc2)CC1)[C@@H]1CS[C@H](Cc2ccccc2F)C(=O)N1. The minimum absolute atomic E-state index is 0.00668. The fourth-order valence-electron chi connectivity index (χ4n) is 4.04. The minimum Gasteiger partial charge on any atom is -0.351 e. The summed E-state index contributed by atoms with van der Waals surface area (Å²) < 4.78 is 13.9. The van der Waals surface area contributed by atoms with Gasteiger partial charge < -0.3 is 15.5 Å². The number of carbonyl (C=O) groups excluding carboxylic acids is 3. The van der Waals surface area contributed by atoms with Crippen molar-refractivity contribution in [1.29, 1.82) is 0 Å². The highest BCUT2D eigenvalue weighted by Crippen LogP contribution is 2.23. The van der Waals surface area contributed by atoms with Crippen LogP contribution in [0.2, 0.25) is 0 Å². The van der Waals surface area contributed by atoms with Gasteiger partial charge >= 0.3 is 0 Å². The number of amides is 3. The predicted octanol–water partition coefficient (Wildman–Crippen LogP) is 2.39. The molecule has 2 aliphatic heterocycles. The van der Waals surface area contributed by atoms with E-state index in [2.05, 4.69) is 10.6 Å². The molecule has 0 aromatic heterocycles. The Morgan fingerprint density at radius 2 is 1.75 bits per heavy atom. The number of carbonyl (C=O) groups is 3. The van der Waals surface area contributed by atoms with Crippen molar-refractivity contribution in [1.82, 2.24) is 15.5 Å². The molecule has 32 heavy (non-hydrogen) atoms. The van der Waals surface area contributed by atoms with Crippen molar-refractivity contribution >= 4 is 29.5 Å². The van der Waals surface area contributed by atoms with E-state index in [1.54, 1.807) is 30.3 Å². The lowest BCUT2D eigenvalue weighted by atomic mass is 10.0. The molecule has 168 valence electrons. The molecule has 4 rings (SSSR count). The number of hydrogen-bond acceptors (Lipinski definition) is 4. The lowest BCUT2D eigenvalue weighted by Crippen LogP contribution is -2.57. The maximum atomic E-state index is 13.9. The van der Waals surface area contributed by atoms with Gasteiger partial charge in [0, 0.05) is 30.4 Å². The van der Waals surface area contributed by atoms with Crippen LogP contribution in [0.1, 0.15) is 28.8 Å². The number of nitrogens with zero attached hydrogens (tertiary/aromatic N) is 1. The normalized spacial score (nSPS) is 21.7. The van der Waals surface area contributed by atoms with Crippen LogP contribution in [-0.2, 0) is 16.0 Å². The van der Waals surface area contributed by atoms with Crippen LogP contribution in [0.25, 0.3) is 0 Å². The molecule has 6 nitrogen and oxygen atoms in total. The van der Waals surface area contributed by atoms with Gasteiger partial charge in [0.25, 0.3) is 5.91 Å². The molecule has 2 aromatic rings. The van der Waals surface area contributed by atoms with Crippen molar-refractivity contribution in [2.24, 2.45) is 0 Å². The number of thioether (sulfide) groups is 1. The largest absolute Gasteiger partial charge is 0.351 e. The first kappa shape index (κ1) is 22.3. The first-order valence-electron chi connectivity index (χ1n) is 10.8. The molecule has 0 bridgehead atoms. The van der Waals surface area contributed by atoms with Gasteiger partial charge in [-0.3, -0.25) is 14.4 Å². The molecule has 0 aliphatic carbocycles. The Labute approximate surface area is 190 Å². The molecule has 8 heteroatoms. The van der Waals surface area contributed by atoms with Crippen LogP contribution in [0.4, 0.5) is 4.39 Å². The average Bonchev–Trinajstić information content (AvgIpc) is 2.82. The fraction of sp³-hybridized carbons (Fsp3) is 0.375. The average molecular weight is 456 g/mol. The summed E-state index contributed by atoms with van der Waals surface area (Å²) in [6.45, 7) is 1.16. The zero-order chi connectivity index (χ0) is 22.5. The molecule has 2 atom stereocenters. The second-order valence-electron chi connectivity index (χ2n) is 8.12. The van der Waals surface area contributed by atoms with Crippen LogP contribution in [0.15, 0.2) is 54.6 Å². The van der Waals surface area contributed by atoms with Crippen LogP contribution >= 0.6 is 11.8 Å². The summed E-state index contributed by atoms with van der Waals surface area (Å²) in [5.41, 5.74) is 1.17. The van der Waals surface area contributed by atoms with Gasteiger partial charge in [0.05, 0.1) is 5.25 Å². The summed E-state index contributed by atoms with van der Waals surface area (Å²) in [6, 6.07) is 15.0. The molecule has 0 unspecified atom stereocenters. The quantitative estimate of drug-likeness (QED) is 0.726. The van der Waals surface area contributed by atoms with Crippen molar-refractivity contribution in [2.45, 2.75) is 36.6 Å². The maximum absolute atomic E-state index is 13.9. The molecule has 2 heterocycles. The predicted molar refractivity (Wildman–Crippen MR) is 122 cm³/mol. The Kier molecular flexibility index (Phi) is 7.09. The van der Waals surface area contributed by atoms with Gasteiger partial charge in [-0.1, -0.05) is 36.4 Å². The number of nitrogens with one attached hydrogen (secondary N) is 2. The zero-order valence-electron chi connectivity index (χ0n) is 17.6. The Morgan fingerprint density at radius 1 is 1.06 bits per heavy atom. The maximum Gasteiger partial charge on any atom is 0.253 e. The van der Waals surface area contributed by atoms with Gasteiger partial charge in [0.2, 0.25) is 11.8 Å². The standard InChI is InChI=1S/C24H26FN3O3S/c25-19-9-5-4-8-17(19)14-21-23(30)27-20(15-32-21)22(29)26-18-10-12-28(13-11-18)24(31)16-6-2-1-3-7-16/h1-9,18,20-21H,10-15H2,(H,26,29)(H,27,30)/t20-,21+/m0/s1. The van der Waals surface area contributed by atoms with E-state index in [4.69, 9.17) is 0 Å². The summed E-state index contributed by atoms with van der Waals surface area (Å²) in [7, 11) is 0. The fourth-order valence-corrected chi connectivity index (χ4v) is 5.22. The van der Waals surface area contributed by atoms with Crippen molar-refractivity contribution in [2.75, 3.05) is 18.8 Å². The van der Waals surface area contributed by atoms with Gasteiger partial charge in [-0.05, 0) is 43.0 Å². The molecule has 2 fully saturated rings. The lowest BCUT2D eigenvalue weighted by Gasteiger charge is -2.34. The smallest absolute Gasteiger partial charge is 0.253 e. The number of piperidine rings is 1. The summed E-state index contributed by atoms with van der Waals surface area (Å²) >= 11 is 1.38.